The van der Waals surface area contributed by atoms with Crippen molar-refractivity contribution in [3.63, 3.8) is 0 Å². The molecule has 0 aliphatic rings. The Labute approximate surface area is 143 Å². The maximum Gasteiger partial charge on any atom is 0.257 e. The monoisotopic (exact) mass is 341 g/mol. The van der Waals surface area contributed by atoms with E-state index in [9.17, 15) is 9.18 Å². The predicted octanol–water partition coefficient (Wildman–Crippen LogP) is 5.52. The van der Waals surface area contributed by atoms with Crippen LogP contribution in [0.4, 0.5) is 10.1 Å². The number of hydrogen-bond acceptors (Lipinski definition) is 2. The lowest BCUT2D eigenvalue weighted by atomic mass is 10.2. The molecule has 0 aliphatic carbocycles. The first-order valence-electron chi connectivity index (χ1n) is 7.21. The molecule has 3 aromatic rings. The third-order valence-electron chi connectivity index (χ3n) is 3.27. The van der Waals surface area contributed by atoms with E-state index in [1.165, 1.54) is 12.1 Å². The number of hydrogen-bond donors (Lipinski definition) is 1. The maximum atomic E-state index is 13.0. The van der Waals surface area contributed by atoms with Gasteiger partial charge in [0.2, 0.25) is 0 Å². The quantitative estimate of drug-likeness (QED) is 0.678. The summed E-state index contributed by atoms with van der Waals surface area (Å²) < 4.78 is 18.7. The Bertz CT molecular complexity index is 851. The van der Waals surface area contributed by atoms with Crippen molar-refractivity contribution in [2.24, 2.45) is 0 Å². The number of halogens is 2. The van der Waals surface area contributed by atoms with Gasteiger partial charge in [0.05, 0.1) is 10.6 Å². The van der Waals surface area contributed by atoms with Gasteiger partial charge in [-0.05, 0) is 54.6 Å². The van der Waals surface area contributed by atoms with Crippen LogP contribution in [0, 0.1) is 5.82 Å². The number of carbonyl (C=O) groups excluding carboxylic acids is 1. The van der Waals surface area contributed by atoms with E-state index in [2.05, 4.69) is 5.32 Å². The normalized spacial score (nSPS) is 10.2. The topological polar surface area (TPSA) is 38.3 Å². The lowest BCUT2D eigenvalue weighted by molar-refractivity contribution is 0.102. The third kappa shape index (κ3) is 3.91. The second-order valence-corrected chi connectivity index (χ2v) is 5.42. The molecule has 5 heteroatoms. The number of carbonyl (C=O) groups is 1. The fourth-order valence-corrected chi connectivity index (χ4v) is 2.36. The van der Waals surface area contributed by atoms with Crippen molar-refractivity contribution < 1.29 is 13.9 Å². The van der Waals surface area contributed by atoms with E-state index in [4.69, 9.17) is 16.3 Å². The van der Waals surface area contributed by atoms with E-state index in [0.29, 0.717) is 11.4 Å². The smallest absolute Gasteiger partial charge is 0.257 e. The molecule has 120 valence electrons. The SMILES string of the molecule is O=C(Nc1ccc(Oc2ccccc2)cc1)c1ccc(F)cc1Cl. The van der Waals surface area contributed by atoms with Crippen molar-refractivity contribution in [1.29, 1.82) is 0 Å². The maximum absolute atomic E-state index is 13.0. The van der Waals surface area contributed by atoms with Crippen LogP contribution in [0.2, 0.25) is 5.02 Å². The molecule has 3 aromatic carbocycles. The van der Waals surface area contributed by atoms with Crippen LogP contribution in [0.15, 0.2) is 72.8 Å². The third-order valence-corrected chi connectivity index (χ3v) is 3.58. The zero-order valence-electron chi connectivity index (χ0n) is 12.5. The number of benzene rings is 3. The van der Waals surface area contributed by atoms with Gasteiger partial charge in [-0.25, -0.2) is 4.39 Å². The Balaban J connectivity index is 1.68. The Morgan fingerprint density at radius 3 is 2.25 bits per heavy atom. The molecule has 1 N–H and O–H groups in total. The zero-order chi connectivity index (χ0) is 16.9. The number of ether oxygens (including phenoxy) is 1. The van der Waals surface area contributed by atoms with Gasteiger partial charge >= 0.3 is 0 Å². The van der Waals surface area contributed by atoms with Gasteiger partial charge in [-0.2, -0.15) is 0 Å². The van der Waals surface area contributed by atoms with Crippen molar-refractivity contribution in [2.45, 2.75) is 0 Å². The van der Waals surface area contributed by atoms with Gasteiger partial charge in [-0.3, -0.25) is 4.79 Å². The molecule has 0 saturated carbocycles. The van der Waals surface area contributed by atoms with Crippen LogP contribution in [-0.2, 0) is 0 Å². The summed E-state index contributed by atoms with van der Waals surface area (Å²) in [4.78, 5) is 12.2. The van der Waals surface area contributed by atoms with Gasteiger partial charge in [-0.15, -0.1) is 0 Å². The lowest BCUT2D eigenvalue weighted by Gasteiger charge is -2.09. The summed E-state index contributed by atoms with van der Waals surface area (Å²) in [6.45, 7) is 0. The fourth-order valence-electron chi connectivity index (χ4n) is 2.10. The highest BCUT2D eigenvalue weighted by Gasteiger charge is 2.11. The van der Waals surface area contributed by atoms with Crippen molar-refractivity contribution in [2.75, 3.05) is 5.32 Å². The van der Waals surface area contributed by atoms with Crippen LogP contribution >= 0.6 is 11.6 Å². The minimum Gasteiger partial charge on any atom is -0.457 e. The standard InChI is InChI=1S/C19H13ClFNO2/c20-18-12-13(21)6-11-17(18)19(23)22-14-7-9-16(10-8-14)24-15-4-2-1-3-5-15/h1-12H,(H,22,23). The first-order chi connectivity index (χ1) is 11.6. The summed E-state index contributed by atoms with van der Waals surface area (Å²) in [7, 11) is 0. The summed E-state index contributed by atoms with van der Waals surface area (Å²) >= 11 is 5.89. The predicted molar refractivity (Wildman–Crippen MR) is 92.3 cm³/mol. The van der Waals surface area contributed by atoms with Gasteiger partial charge in [-0.1, -0.05) is 29.8 Å². The number of para-hydroxylation sites is 1. The van der Waals surface area contributed by atoms with Crippen molar-refractivity contribution in [3.8, 4) is 11.5 Å². The Kier molecular flexibility index (Phi) is 4.77. The van der Waals surface area contributed by atoms with E-state index in [1.807, 2.05) is 30.3 Å². The summed E-state index contributed by atoms with van der Waals surface area (Å²) in [5.74, 6) is 0.488. The lowest BCUT2D eigenvalue weighted by Crippen LogP contribution is -2.12. The Hall–Kier alpha value is -2.85. The van der Waals surface area contributed by atoms with E-state index in [-0.39, 0.29) is 10.6 Å². The van der Waals surface area contributed by atoms with Crippen LogP contribution < -0.4 is 10.1 Å². The number of amides is 1. The summed E-state index contributed by atoms with van der Waals surface area (Å²) in [5.41, 5.74) is 0.795. The molecule has 0 aliphatic heterocycles. The summed E-state index contributed by atoms with van der Waals surface area (Å²) in [5, 5.41) is 2.77. The van der Waals surface area contributed by atoms with Crippen molar-refractivity contribution in [3.05, 3.63) is 89.2 Å². The van der Waals surface area contributed by atoms with Crippen molar-refractivity contribution >= 4 is 23.2 Å². The molecule has 0 atom stereocenters. The Morgan fingerprint density at radius 2 is 1.58 bits per heavy atom. The molecule has 0 saturated heterocycles. The molecule has 0 unspecified atom stereocenters. The van der Waals surface area contributed by atoms with Crippen LogP contribution in [0.1, 0.15) is 10.4 Å². The second-order valence-electron chi connectivity index (χ2n) is 5.02. The number of rotatable bonds is 4. The largest absolute Gasteiger partial charge is 0.457 e. The molecule has 0 radical (unpaired) electrons. The number of nitrogens with one attached hydrogen (secondary N) is 1. The van der Waals surface area contributed by atoms with E-state index < -0.39 is 11.7 Å². The molecule has 0 bridgehead atoms. The molecule has 3 nitrogen and oxygen atoms in total. The highest BCUT2D eigenvalue weighted by Crippen LogP contribution is 2.24. The highest BCUT2D eigenvalue weighted by atomic mass is 35.5. The van der Waals surface area contributed by atoms with Gasteiger partial charge in [0.1, 0.15) is 17.3 Å². The summed E-state index contributed by atoms with van der Waals surface area (Å²) in [6, 6.07) is 20.0. The van der Waals surface area contributed by atoms with Crippen LogP contribution in [-0.4, -0.2) is 5.91 Å². The first-order valence-corrected chi connectivity index (χ1v) is 7.59. The molecule has 0 aromatic heterocycles. The van der Waals surface area contributed by atoms with Gasteiger partial charge in [0.15, 0.2) is 0 Å². The van der Waals surface area contributed by atoms with Gasteiger partial charge in [0, 0.05) is 5.69 Å². The van der Waals surface area contributed by atoms with E-state index in [0.717, 1.165) is 11.8 Å². The summed E-state index contributed by atoms with van der Waals surface area (Å²) in [6.07, 6.45) is 0. The van der Waals surface area contributed by atoms with E-state index in [1.54, 1.807) is 24.3 Å². The average Bonchev–Trinajstić information content (AvgIpc) is 2.57. The van der Waals surface area contributed by atoms with Crippen LogP contribution in [0.3, 0.4) is 0 Å². The van der Waals surface area contributed by atoms with Crippen molar-refractivity contribution in [1.82, 2.24) is 0 Å². The number of anilines is 1. The minimum atomic E-state index is -0.487. The average molecular weight is 342 g/mol. The molecular formula is C19H13ClFNO2. The van der Waals surface area contributed by atoms with E-state index >= 15 is 0 Å². The Morgan fingerprint density at radius 1 is 0.917 bits per heavy atom. The first kappa shape index (κ1) is 16.0. The molecule has 1 amide bonds. The molecule has 24 heavy (non-hydrogen) atoms. The molecule has 3 rings (SSSR count). The van der Waals surface area contributed by atoms with Gasteiger partial charge < -0.3 is 10.1 Å². The van der Waals surface area contributed by atoms with Crippen LogP contribution in [0.25, 0.3) is 0 Å². The highest BCUT2D eigenvalue weighted by molar-refractivity contribution is 6.34. The van der Waals surface area contributed by atoms with Crippen LogP contribution in [0.5, 0.6) is 11.5 Å². The fraction of sp³-hybridized carbons (Fsp3) is 0. The molecule has 0 fully saturated rings. The minimum absolute atomic E-state index is 0.0662. The molecule has 0 spiro atoms. The van der Waals surface area contributed by atoms with Gasteiger partial charge in [0.25, 0.3) is 5.91 Å². The zero-order valence-corrected chi connectivity index (χ0v) is 13.3. The second kappa shape index (κ2) is 7.15. The molecule has 0 heterocycles. The molecular weight excluding hydrogens is 329 g/mol.